The zero-order valence-electron chi connectivity index (χ0n) is 19.1. The number of carbonyl (C=O) groups is 2. The van der Waals surface area contributed by atoms with Crippen LogP contribution in [0.3, 0.4) is 0 Å². The van der Waals surface area contributed by atoms with Crippen LogP contribution in [-0.2, 0) is 9.59 Å². The first-order valence-corrected chi connectivity index (χ1v) is 13.0. The molecule has 0 amide bonds. The van der Waals surface area contributed by atoms with Crippen LogP contribution in [0.25, 0.3) is 0 Å². The molecule has 0 spiro atoms. The average molecular weight is 417 g/mol. The molecule has 0 aliphatic heterocycles. The Morgan fingerprint density at radius 2 is 1.14 bits per heavy atom. The lowest BCUT2D eigenvalue weighted by Crippen LogP contribution is -2.01. The minimum Gasteiger partial charge on any atom is -0.481 e. The Morgan fingerprint density at radius 1 is 0.750 bits per heavy atom. The molecule has 0 rings (SSSR count). The molecule has 0 aliphatic carbocycles. The van der Waals surface area contributed by atoms with Gasteiger partial charge < -0.3 is 9.90 Å². The van der Waals surface area contributed by atoms with Gasteiger partial charge in [-0.25, -0.2) is 0 Å². The fourth-order valence-corrected chi connectivity index (χ4v) is 3.86. The van der Waals surface area contributed by atoms with Gasteiger partial charge in [-0.2, -0.15) is 11.8 Å². The van der Waals surface area contributed by atoms with E-state index < -0.39 is 5.97 Å². The minimum absolute atomic E-state index is 0.236. The quantitative estimate of drug-likeness (QED) is 0.161. The van der Waals surface area contributed by atoms with E-state index in [9.17, 15) is 9.59 Å². The maximum absolute atomic E-state index is 10.3. The standard InChI is InChI=1S/C18H36O2.C6H12OS/c1-2-3-4-5-6-7-8-9-10-11-12-13-14-15-16-17-18(19)20;1-3-6(5-7)8-4-2/h2-17H2,1H3,(H,19,20);5-6H,3-4H2,1-2H3. The maximum Gasteiger partial charge on any atom is 0.303 e. The highest BCUT2D eigenvalue weighted by atomic mass is 32.2. The van der Waals surface area contributed by atoms with Crippen molar-refractivity contribution >= 4 is 24.0 Å². The van der Waals surface area contributed by atoms with Gasteiger partial charge in [0.15, 0.2) is 0 Å². The Balaban J connectivity index is 0. The van der Waals surface area contributed by atoms with Crippen LogP contribution in [0.15, 0.2) is 0 Å². The van der Waals surface area contributed by atoms with Crippen LogP contribution in [0.1, 0.15) is 130 Å². The molecule has 0 aliphatic rings. The van der Waals surface area contributed by atoms with Crippen molar-refractivity contribution in [1.82, 2.24) is 0 Å². The molecule has 0 aromatic heterocycles. The van der Waals surface area contributed by atoms with Gasteiger partial charge in [0.2, 0.25) is 0 Å². The summed E-state index contributed by atoms with van der Waals surface area (Å²) in [6.07, 6.45) is 22.2. The summed E-state index contributed by atoms with van der Waals surface area (Å²) in [5, 5.41) is 8.75. The van der Waals surface area contributed by atoms with Crippen LogP contribution in [0.5, 0.6) is 0 Å². The molecule has 0 radical (unpaired) electrons. The van der Waals surface area contributed by atoms with Crippen molar-refractivity contribution < 1.29 is 14.7 Å². The highest BCUT2D eigenvalue weighted by molar-refractivity contribution is 8.00. The highest BCUT2D eigenvalue weighted by Crippen LogP contribution is 2.13. The van der Waals surface area contributed by atoms with Gasteiger partial charge in [0.1, 0.15) is 6.29 Å². The molecule has 0 saturated heterocycles. The summed E-state index contributed by atoms with van der Waals surface area (Å²) >= 11 is 1.71. The summed E-state index contributed by atoms with van der Waals surface area (Å²) in [4.78, 5) is 20.4. The number of hydrogen-bond donors (Lipinski definition) is 1. The van der Waals surface area contributed by atoms with Crippen molar-refractivity contribution in [3.8, 4) is 0 Å². The van der Waals surface area contributed by atoms with Gasteiger partial charge in [-0.3, -0.25) is 4.79 Å². The van der Waals surface area contributed by atoms with E-state index >= 15 is 0 Å². The van der Waals surface area contributed by atoms with Crippen LogP contribution in [0.4, 0.5) is 0 Å². The van der Waals surface area contributed by atoms with E-state index in [1.54, 1.807) is 11.8 Å². The van der Waals surface area contributed by atoms with Crippen molar-refractivity contribution in [2.75, 3.05) is 5.75 Å². The Hall–Kier alpha value is -0.510. The molecule has 0 bridgehead atoms. The number of hydrogen-bond acceptors (Lipinski definition) is 3. The molecular weight excluding hydrogens is 368 g/mol. The van der Waals surface area contributed by atoms with Gasteiger partial charge >= 0.3 is 5.97 Å². The summed E-state index contributed by atoms with van der Waals surface area (Å²) in [5.74, 6) is 0.386. The van der Waals surface area contributed by atoms with Crippen LogP contribution < -0.4 is 0 Å². The van der Waals surface area contributed by atoms with Gasteiger partial charge in [-0.1, -0.05) is 111 Å². The van der Waals surface area contributed by atoms with Crippen molar-refractivity contribution in [2.45, 2.75) is 135 Å². The second-order valence-electron chi connectivity index (χ2n) is 7.63. The van der Waals surface area contributed by atoms with Crippen LogP contribution in [-0.4, -0.2) is 28.4 Å². The lowest BCUT2D eigenvalue weighted by atomic mass is 10.0. The summed E-state index contributed by atoms with van der Waals surface area (Å²) in [6, 6.07) is 0. The molecule has 1 unspecified atom stereocenters. The molecule has 0 saturated carbocycles. The van der Waals surface area contributed by atoms with E-state index in [1.807, 2.05) is 6.92 Å². The topological polar surface area (TPSA) is 54.4 Å². The fraction of sp³-hybridized carbons (Fsp3) is 0.917. The van der Waals surface area contributed by atoms with E-state index in [0.29, 0.717) is 6.42 Å². The third kappa shape index (κ3) is 27.7. The molecule has 0 heterocycles. The third-order valence-electron chi connectivity index (χ3n) is 4.93. The molecule has 168 valence electrons. The molecule has 1 N–H and O–H groups in total. The Kier molecular flexibility index (Phi) is 28.1. The Morgan fingerprint density at radius 3 is 1.39 bits per heavy atom. The number of aliphatic carboxylic acids is 1. The van der Waals surface area contributed by atoms with Gasteiger partial charge in [0, 0.05) is 6.42 Å². The van der Waals surface area contributed by atoms with E-state index in [1.165, 1.54) is 83.5 Å². The third-order valence-corrected chi connectivity index (χ3v) is 6.14. The van der Waals surface area contributed by atoms with E-state index in [0.717, 1.165) is 31.3 Å². The lowest BCUT2D eigenvalue weighted by molar-refractivity contribution is -0.137. The van der Waals surface area contributed by atoms with Crippen LogP contribution in [0, 0.1) is 0 Å². The van der Waals surface area contributed by atoms with Gasteiger partial charge in [0.05, 0.1) is 5.25 Å². The molecule has 0 aromatic rings. The number of carbonyl (C=O) groups excluding carboxylic acids is 1. The van der Waals surface area contributed by atoms with Gasteiger partial charge in [-0.15, -0.1) is 0 Å². The summed E-state index contributed by atoms with van der Waals surface area (Å²) in [6.45, 7) is 6.37. The minimum atomic E-state index is -0.653. The van der Waals surface area contributed by atoms with Crippen LogP contribution >= 0.6 is 11.8 Å². The van der Waals surface area contributed by atoms with Gasteiger partial charge in [0.25, 0.3) is 0 Å². The van der Waals surface area contributed by atoms with Gasteiger partial charge in [-0.05, 0) is 18.6 Å². The Bertz CT molecular complexity index is 321. The summed E-state index contributed by atoms with van der Waals surface area (Å²) < 4.78 is 0. The second kappa shape index (κ2) is 26.5. The molecule has 0 fully saturated rings. The SMILES string of the molecule is CCCCCCCCCCCCCCCCCC(=O)O.CCSC(C=O)CC. The number of carboxylic acids is 1. The van der Waals surface area contributed by atoms with E-state index in [2.05, 4.69) is 13.8 Å². The molecule has 0 aromatic carbocycles. The molecule has 4 heteroatoms. The number of rotatable bonds is 20. The highest BCUT2D eigenvalue weighted by Gasteiger charge is 2.00. The van der Waals surface area contributed by atoms with E-state index in [-0.39, 0.29) is 5.25 Å². The first kappa shape index (κ1) is 29.7. The molecule has 1 atom stereocenters. The lowest BCUT2D eigenvalue weighted by Gasteiger charge is -2.03. The molecule has 3 nitrogen and oxygen atoms in total. The number of thioether (sulfide) groups is 1. The number of carboxylic acid groups (broad SMARTS) is 1. The molecule has 28 heavy (non-hydrogen) atoms. The zero-order chi connectivity index (χ0) is 21.3. The first-order chi connectivity index (χ1) is 13.6. The summed E-state index contributed by atoms with van der Waals surface area (Å²) in [7, 11) is 0. The first-order valence-electron chi connectivity index (χ1n) is 11.9. The zero-order valence-corrected chi connectivity index (χ0v) is 19.9. The van der Waals surface area contributed by atoms with Crippen molar-refractivity contribution in [3.05, 3.63) is 0 Å². The second-order valence-corrected chi connectivity index (χ2v) is 9.15. The smallest absolute Gasteiger partial charge is 0.303 e. The van der Waals surface area contributed by atoms with Crippen molar-refractivity contribution in [2.24, 2.45) is 0 Å². The molecular formula is C24H48O3S. The monoisotopic (exact) mass is 416 g/mol. The predicted molar refractivity (Wildman–Crippen MR) is 125 cm³/mol. The number of unbranched alkanes of at least 4 members (excludes halogenated alkanes) is 14. The largest absolute Gasteiger partial charge is 0.481 e. The van der Waals surface area contributed by atoms with Crippen molar-refractivity contribution in [1.29, 1.82) is 0 Å². The average Bonchev–Trinajstić information content (AvgIpc) is 2.69. The fourth-order valence-electron chi connectivity index (χ4n) is 3.11. The predicted octanol–water partition coefficient (Wildman–Crippen LogP) is 8.05. The van der Waals surface area contributed by atoms with Crippen LogP contribution in [0.2, 0.25) is 0 Å². The van der Waals surface area contributed by atoms with Crippen molar-refractivity contribution in [3.63, 3.8) is 0 Å². The van der Waals surface area contributed by atoms with E-state index in [4.69, 9.17) is 5.11 Å². The normalized spacial score (nSPS) is 11.5. The number of aldehydes is 1. The summed E-state index contributed by atoms with van der Waals surface area (Å²) in [5.41, 5.74) is 0. The maximum atomic E-state index is 10.3. The Labute approximate surface area is 179 Å².